The first-order valence-corrected chi connectivity index (χ1v) is 16.7. The summed E-state index contributed by atoms with van der Waals surface area (Å²) in [6, 6.07) is 14.6. The molecule has 4 aromatic rings. The molecule has 0 N–H and O–H groups in total. The monoisotopic (exact) mass is 663 g/mol. The zero-order chi connectivity index (χ0) is 34.1. The molecule has 1 atom stereocenters. The van der Waals surface area contributed by atoms with Crippen molar-refractivity contribution < 1.29 is 32.5 Å². The van der Waals surface area contributed by atoms with E-state index < -0.39 is 22.7 Å². The molecule has 0 aromatic heterocycles. The van der Waals surface area contributed by atoms with E-state index in [9.17, 15) is 0 Å². The molecule has 6 nitrogen and oxygen atoms in total. The standard InChI is InChI=1S/C41H39F2NO5/c1-40(2)37-32(20-26(42)21-33(37)43)36-30-22-34(44-16-18-48-19-17-44)35(47-5)23-31(30)39-29(38(36)40)14-15-41(49-39,24-6-10-27(45-3)11-7-24)25-8-12-28(46-4)13-9-25/h6-8,10-12,14-15,20-23H,9,13,16-19H2,1-5H3. The number of nitrogens with zero attached hydrogens (tertiary/aromatic N) is 1. The van der Waals surface area contributed by atoms with Gasteiger partial charge in [-0.2, -0.15) is 0 Å². The van der Waals surface area contributed by atoms with E-state index in [-0.39, 0.29) is 0 Å². The first-order valence-electron chi connectivity index (χ1n) is 16.7. The zero-order valence-corrected chi connectivity index (χ0v) is 28.4. The Morgan fingerprint density at radius 3 is 2.27 bits per heavy atom. The van der Waals surface area contributed by atoms with Gasteiger partial charge < -0.3 is 28.6 Å². The topological polar surface area (TPSA) is 49.4 Å². The number of hydrogen-bond donors (Lipinski definition) is 0. The number of allylic oxidation sites excluding steroid dienone is 3. The Balaban J connectivity index is 1.45. The van der Waals surface area contributed by atoms with E-state index in [0.29, 0.717) is 48.9 Å². The Morgan fingerprint density at radius 2 is 1.59 bits per heavy atom. The molecular formula is C41H39F2NO5. The van der Waals surface area contributed by atoms with Crippen LogP contribution in [0, 0.1) is 11.6 Å². The second-order valence-electron chi connectivity index (χ2n) is 13.5. The van der Waals surface area contributed by atoms with E-state index >= 15 is 8.78 Å². The quantitative estimate of drug-likeness (QED) is 0.206. The van der Waals surface area contributed by atoms with Crippen molar-refractivity contribution in [1.29, 1.82) is 0 Å². The van der Waals surface area contributed by atoms with Gasteiger partial charge in [-0.05, 0) is 76.6 Å². The van der Waals surface area contributed by atoms with Gasteiger partial charge in [-0.3, -0.25) is 0 Å². The number of hydrogen-bond acceptors (Lipinski definition) is 6. The van der Waals surface area contributed by atoms with Crippen molar-refractivity contribution in [2.75, 3.05) is 52.5 Å². The molecule has 4 aromatic carbocycles. The Bertz CT molecular complexity index is 2090. The summed E-state index contributed by atoms with van der Waals surface area (Å²) in [4.78, 5) is 2.25. The van der Waals surface area contributed by atoms with Gasteiger partial charge in [0.1, 0.15) is 28.9 Å². The van der Waals surface area contributed by atoms with Crippen molar-refractivity contribution in [3.05, 3.63) is 112 Å². The smallest absolute Gasteiger partial charge is 0.174 e. The van der Waals surface area contributed by atoms with Crippen LogP contribution in [0.5, 0.6) is 17.2 Å². The van der Waals surface area contributed by atoms with Crippen molar-refractivity contribution in [2.45, 2.75) is 37.7 Å². The summed E-state index contributed by atoms with van der Waals surface area (Å²) in [7, 11) is 5.01. The minimum Gasteiger partial charge on any atom is -0.501 e. The lowest BCUT2D eigenvalue weighted by Crippen LogP contribution is -2.37. The first-order chi connectivity index (χ1) is 23.7. The molecule has 2 heterocycles. The van der Waals surface area contributed by atoms with E-state index in [2.05, 4.69) is 29.2 Å². The van der Waals surface area contributed by atoms with Gasteiger partial charge in [0.2, 0.25) is 0 Å². The average Bonchev–Trinajstić information content (AvgIpc) is 3.37. The minimum absolute atomic E-state index is 0.481. The molecule has 49 heavy (non-hydrogen) atoms. The number of methoxy groups -OCH3 is 3. The highest BCUT2D eigenvalue weighted by molar-refractivity contribution is 6.10. The van der Waals surface area contributed by atoms with E-state index in [1.165, 1.54) is 6.07 Å². The number of ether oxygens (including phenoxy) is 5. The highest BCUT2D eigenvalue weighted by Gasteiger charge is 2.46. The number of benzene rings is 4. The van der Waals surface area contributed by atoms with Gasteiger partial charge in [-0.15, -0.1) is 0 Å². The van der Waals surface area contributed by atoms with E-state index in [0.717, 1.165) is 74.7 Å². The van der Waals surface area contributed by atoms with Gasteiger partial charge in [0.05, 0.1) is 46.0 Å². The minimum atomic E-state index is -0.959. The van der Waals surface area contributed by atoms with E-state index in [4.69, 9.17) is 23.7 Å². The highest BCUT2D eigenvalue weighted by atomic mass is 19.1. The predicted octanol–water partition coefficient (Wildman–Crippen LogP) is 8.83. The lowest BCUT2D eigenvalue weighted by molar-refractivity contribution is 0.122. The number of fused-ring (bicyclic) bond motifs is 8. The molecule has 2 aliphatic carbocycles. The maximum Gasteiger partial charge on any atom is 0.174 e. The van der Waals surface area contributed by atoms with Crippen LogP contribution in [0.2, 0.25) is 0 Å². The fraction of sp³-hybridized carbons (Fsp3) is 0.317. The summed E-state index contributed by atoms with van der Waals surface area (Å²) < 4.78 is 61.2. The Kier molecular flexibility index (Phi) is 7.48. The fourth-order valence-corrected chi connectivity index (χ4v) is 8.28. The van der Waals surface area contributed by atoms with Gasteiger partial charge in [-0.25, -0.2) is 8.78 Å². The van der Waals surface area contributed by atoms with Crippen LogP contribution < -0.4 is 19.1 Å². The van der Waals surface area contributed by atoms with E-state index in [1.807, 2.05) is 50.3 Å². The fourth-order valence-electron chi connectivity index (χ4n) is 8.28. The van der Waals surface area contributed by atoms with Crippen molar-refractivity contribution in [1.82, 2.24) is 0 Å². The molecule has 2 aliphatic heterocycles. The Hall–Kier alpha value is -4.82. The predicted molar refractivity (Wildman–Crippen MR) is 188 cm³/mol. The molecule has 8 rings (SSSR count). The second kappa shape index (κ2) is 11.7. The third-order valence-electron chi connectivity index (χ3n) is 10.6. The van der Waals surface area contributed by atoms with Crippen LogP contribution in [0.15, 0.2) is 78.1 Å². The number of halogens is 2. The largest absolute Gasteiger partial charge is 0.501 e. The zero-order valence-electron chi connectivity index (χ0n) is 28.4. The average molecular weight is 664 g/mol. The van der Waals surface area contributed by atoms with Crippen LogP contribution in [0.4, 0.5) is 14.5 Å². The number of anilines is 1. The molecule has 1 fully saturated rings. The van der Waals surface area contributed by atoms with Crippen LogP contribution in [-0.4, -0.2) is 47.6 Å². The van der Waals surface area contributed by atoms with Crippen molar-refractivity contribution in [3.63, 3.8) is 0 Å². The molecular weight excluding hydrogens is 624 g/mol. The van der Waals surface area contributed by atoms with Crippen molar-refractivity contribution >= 4 is 22.5 Å². The van der Waals surface area contributed by atoms with Crippen LogP contribution in [0.1, 0.15) is 48.9 Å². The SMILES string of the molecule is COC1=CC=C(C2(c3ccc(OC)cc3)C=Cc3c4c(c5cc(N6CCOCC6)c(OC)cc5c3O2)-c2cc(F)cc(F)c2C4(C)C)CC1. The summed E-state index contributed by atoms with van der Waals surface area (Å²) in [5.41, 5.74) is 4.80. The van der Waals surface area contributed by atoms with Gasteiger partial charge in [0.15, 0.2) is 5.60 Å². The number of morpholine rings is 1. The Labute approximate surface area is 285 Å². The van der Waals surface area contributed by atoms with Gasteiger partial charge in [0, 0.05) is 53.1 Å². The molecule has 0 amide bonds. The molecule has 1 saturated heterocycles. The highest BCUT2D eigenvalue weighted by Crippen LogP contribution is 2.60. The summed E-state index contributed by atoms with van der Waals surface area (Å²) in [6.07, 6.45) is 9.77. The molecule has 1 unspecified atom stereocenters. The maximum atomic E-state index is 15.9. The molecule has 0 spiro atoms. The van der Waals surface area contributed by atoms with E-state index in [1.54, 1.807) is 21.3 Å². The normalized spacial score (nSPS) is 20.5. The van der Waals surface area contributed by atoms with Gasteiger partial charge in [-0.1, -0.05) is 38.1 Å². The van der Waals surface area contributed by atoms with Crippen LogP contribution in [0.3, 0.4) is 0 Å². The van der Waals surface area contributed by atoms with Crippen LogP contribution in [0.25, 0.3) is 28.0 Å². The van der Waals surface area contributed by atoms with Crippen LogP contribution >= 0.6 is 0 Å². The summed E-state index contributed by atoms with van der Waals surface area (Å²) in [5, 5.41) is 1.66. The lowest BCUT2D eigenvalue weighted by Gasteiger charge is -2.40. The lowest BCUT2D eigenvalue weighted by atomic mass is 9.75. The molecule has 0 bridgehead atoms. The van der Waals surface area contributed by atoms with Gasteiger partial charge >= 0.3 is 0 Å². The van der Waals surface area contributed by atoms with Crippen molar-refractivity contribution in [2.24, 2.45) is 0 Å². The number of rotatable bonds is 6. The van der Waals surface area contributed by atoms with Gasteiger partial charge in [0.25, 0.3) is 0 Å². The summed E-state index contributed by atoms with van der Waals surface area (Å²) >= 11 is 0. The van der Waals surface area contributed by atoms with Crippen LogP contribution in [-0.2, 0) is 20.5 Å². The molecule has 4 aliphatic rings. The summed E-state index contributed by atoms with van der Waals surface area (Å²) in [5.74, 6) is 1.86. The van der Waals surface area contributed by atoms with Crippen molar-refractivity contribution in [3.8, 4) is 28.4 Å². The molecule has 252 valence electrons. The third-order valence-corrected chi connectivity index (χ3v) is 10.6. The molecule has 8 heteroatoms. The maximum absolute atomic E-state index is 15.9. The first kappa shape index (κ1) is 31.4. The molecule has 0 radical (unpaired) electrons. The molecule has 0 saturated carbocycles. The Morgan fingerprint density at radius 1 is 0.816 bits per heavy atom. The summed E-state index contributed by atoms with van der Waals surface area (Å²) in [6.45, 7) is 6.62. The second-order valence-corrected chi connectivity index (χ2v) is 13.5. The third kappa shape index (κ3) is 4.75.